The van der Waals surface area contributed by atoms with Gasteiger partial charge in [-0.3, -0.25) is 0 Å². The van der Waals surface area contributed by atoms with Crippen molar-refractivity contribution in [2.24, 2.45) is 0 Å². The Bertz CT molecular complexity index is 318. The van der Waals surface area contributed by atoms with Gasteiger partial charge in [0.15, 0.2) is 0 Å². The molecule has 3 nitrogen and oxygen atoms in total. The minimum Gasteiger partial charge on any atom is -0.343 e. The molecule has 0 aliphatic heterocycles. The van der Waals surface area contributed by atoms with Gasteiger partial charge in [0.1, 0.15) is 12.0 Å². The first-order chi connectivity index (χ1) is 4.86. The number of hydrogen-bond acceptors (Lipinski definition) is 2. The predicted octanol–water partition coefficient (Wildman–Crippen LogP) is 1.90. The van der Waals surface area contributed by atoms with Gasteiger partial charge in [-0.15, -0.1) is 0 Å². The van der Waals surface area contributed by atoms with E-state index < -0.39 is 0 Å². The molecule has 0 unspecified atom stereocenters. The van der Waals surface area contributed by atoms with Gasteiger partial charge in [-0.05, 0) is 13.0 Å². The van der Waals surface area contributed by atoms with Gasteiger partial charge in [-0.1, -0.05) is 7.43 Å². The second kappa shape index (κ2) is 2.70. The first kappa shape index (κ1) is 7.72. The van der Waals surface area contributed by atoms with E-state index in [-0.39, 0.29) is 7.43 Å². The van der Waals surface area contributed by atoms with Gasteiger partial charge in [0.25, 0.3) is 0 Å². The van der Waals surface area contributed by atoms with Gasteiger partial charge in [-0.2, -0.15) is 0 Å². The molecule has 3 heteroatoms. The molecule has 0 saturated carbocycles. The zero-order valence-electron chi connectivity index (χ0n) is 5.63. The molecular formula is C8H11N3. The van der Waals surface area contributed by atoms with Gasteiger partial charge in [0.2, 0.25) is 0 Å². The van der Waals surface area contributed by atoms with E-state index in [9.17, 15) is 0 Å². The first-order valence-electron chi connectivity index (χ1n) is 3.11. The fraction of sp³-hybridized carbons (Fsp3) is 0.250. The molecule has 11 heavy (non-hydrogen) atoms. The molecule has 0 saturated heterocycles. The number of aryl methyl sites for hydroxylation is 1. The minimum atomic E-state index is 0. The van der Waals surface area contributed by atoms with Crippen LogP contribution in [0.4, 0.5) is 0 Å². The zero-order valence-corrected chi connectivity index (χ0v) is 5.63. The molecule has 2 rings (SSSR count). The highest BCUT2D eigenvalue weighted by Gasteiger charge is 1.94. The highest BCUT2D eigenvalue weighted by atomic mass is 14.9. The fourth-order valence-electron chi connectivity index (χ4n) is 1.01. The minimum absolute atomic E-state index is 0. The SMILES string of the molecule is C.Cc1cc2cncnc2[nH]1. The van der Waals surface area contributed by atoms with Crippen LogP contribution in [0.1, 0.15) is 13.1 Å². The fourth-order valence-corrected chi connectivity index (χ4v) is 1.01. The van der Waals surface area contributed by atoms with Crippen molar-refractivity contribution in [3.05, 3.63) is 24.3 Å². The predicted molar refractivity (Wildman–Crippen MR) is 45.4 cm³/mol. The van der Waals surface area contributed by atoms with E-state index in [1.807, 2.05) is 13.0 Å². The molecule has 0 amide bonds. The van der Waals surface area contributed by atoms with Gasteiger partial charge in [0.05, 0.1) is 0 Å². The Morgan fingerprint density at radius 1 is 1.45 bits per heavy atom. The van der Waals surface area contributed by atoms with Crippen molar-refractivity contribution in [3.63, 3.8) is 0 Å². The number of rotatable bonds is 0. The Labute approximate surface area is 65.5 Å². The Morgan fingerprint density at radius 3 is 3.00 bits per heavy atom. The molecule has 2 aromatic rings. The topological polar surface area (TPSA) is 41.6 Å². The van der Waals surface area contributed by atoms with Gasteiger partial charge in [0, 0.05) is 17.3 Å². The summed E-state index contributed by atoms with van der Waals surface area (Å²) < 4.78 is 0. The molecule has 0 atom stereocenters. The van der Waals surface area contributed by atoms with Crippen LogP contribution < -0.4 is 0 Å². The highest BCUT2D eigenvalue weighted by molar-refractivity contribution is 5.74. The normalized spacial score (nSPS) is 9.55. The second-order valence-electron chi connectivity index (χ2n) is 2.28. The van der Waals surface area contributed by atoms with E-state index >= 15 is 0 Å². The van der Waals surface area contributed by atoms with Crippen molar-refractivity contribution in [3.8, 4) is 0 Å². The monoisotopic (exact) mass is 149 g/mol. The number of hydrogen-bond donors (Lipinski definition) is 1. The van der Waals surface area contributed by atoms with Gasteiger partial charge < -0.3 is 4.98 Å². The molecule has 0 radical (unpaired) electrons. The molecule has 0 bridgehead atoms. The van der Waals surface area contributed by atoms with Crippen LogP contribution in [0.25, 0.3) is 11.0 Å². The summed E-state index contributed by atoms with van der Waals surface area (Å²) in [6.07, 6.45) is 3.34. The number of aromatic amines is 1. The maximum absolute atomic E-state index is 4.04. The molecule has 58 valence electrons. The smallest absolute Gasteiger partial charge is 0.140 e. The van der Waals surface area contributed by atoms with Gasteiger partial charge >= 0.3 is 0 Å². The summed E-state index contributed by atoms with van der Waals surface area (Å²) >= 11 is 0. The number of H-pyrrole nitrogens is 1. The summed E-state index contributed by atoms with van der Waals surface area (Å²) in [6, 6.07) is 2.02. The lowest BCUT2D eigenvalue weighted by Gasteiger charge is -1.82. The van der Waals surface area contributed by atoms with E-state index in [1.165, 1.54) is 6.33 Å². The standard InChI is InChI=1S/C7H7N3.CH4/c1-5-2-6-3-8-4-9-7(6)10-5;/h2-4H,1H3,(H,8,9,10);1H4. The first-order valence-corrected chi connectivity index (χ1v) is 3.11. The third kappa shape index (κ3) is 1.22. The molecular weight excluding hydrogens is 138 g/mol. The second-order valence-corrected chi connectivity index (χ2v) is 2.28. The van der Waals surface area contributed by atoms with Crippen LogP contribution in [0.2, 0.25) is 0 Å². The van der Waals surface area contributed by atoms with Crippen LogP contribution in [0.5, 0.6) is 0 Å². The molecule has 0 aliphatic rings. The maximum Gasteiger partial charge on any atom is 0.140 e. The van der Waals surface area contributed by atoms with E-state index in [1.54, 1.807) is 6.20 Å². The molecule has 0 aliphatic carbocycles. The Hall–Kier alpha value is -1.38. The third-order valence-electron chi connectivity index (χ3n) is 1.43. The molecule has 2 aromatic heterocycles. The highest BCUT2D eigenvalue weighted by Crippen LogP contribution is 2.08. The van der Waals surface area contributed by atoms with E-state index in [0.29, 0.717) is 0 Å². The quantitative estimate of drug-likeness (QED) is 0.621. The summed E-state index contributed by atoms with van der Waals surface area (Å²) in [5, 5.41) is 1.07. The summed E-state index contributed by atoms with van der Waals surface area (Å²) in [5.74, 6) is 0. The number of aromatic nitrogens is 3. The van der Waals surface area contributed by atoms with Crippen molar-refractivity contribution in [1.82, 2.24) is 15.0 Å². The average molecular weight is 149 g/mol. The van der Waals surface area contributed by atoms with Crippen LogP contribution in [0.3, 0.4) is 0 Å². The van der Waals surface area contributed by atoms with Gasteiger partial charge in [-0.25, -0.2) is 9.97 Å². The van der Waals surface area contributed by atoms with Crippen LogP contribution >= 0.6 is 0 Å². The van der Waals surface area contributed by atoms with Crippen molar-refractivity contribution < 1.29 is 0 Å². The van der Waals surface area contributed by atoms with Crippen LogP contribution in [0, 0.1) is 6.92 Å². The van der Waals surface area contributed by atoms with Crippen molar-refractivity contribution in [2.45, 2.75) is 14.4 Å². The van der Waals surface area contributed by atoms with Crippen molar-refractivity contribution in [1.29, 1.82) is 0 Å². The molecule has 0 fully saturated rings. The summed E-state index contributed by atoms with van der Waals surface area (Å²) in [6.45, 7) is 2.00. The summed E-state index contributed by atoms with van der Waals surface area (Å²) in [7, 11) is 0. The lowest BCUT2D eigenvalue weighted by atomic mass is 10.4. The molecule has 2 heterocycles. The number of fused-ring (bicyclic) bond motifs is 1. The average Bonchev–Trinajstić information content (AvgIpc) is 2.27. The Kier molecular flexibility index (Phi) is 1.89. The lowest BCUT2D eigenvalue weighted by Crippen LogP contribution is -1.76. The van der Waals surface area contributed by atoms with E-state index in [4.69, 9.17) is 0 Å². The maximum atomic E-state index is 4.04. The number of nitrogens with one attached hydrogen (secondary N) is 1. The molecule has 0 spiro atoms. The van der Waals surface area contributed by atoms with E-state index in [2.05, 4.69) is 15.0 Å². The largest absolute Gasteiger partial charge is 0.343 e. The van der Waals surface area contributed by atoms with Crippen LogP contribution in [-0.2, 0) is 0 Å². The molecule has 0 aromatic carbocycles. The van der Waals surface area contributed by atoms with Crippen LogP contribution in [-0.4, -0.2) is 15.0 Å². The summed E-state index contributed by atoms with van der Waals surface area (Å²) in [4.78, 5) is 11.0. The van der Waals surface area contributed by atoms with Crippen LogP contribution in [0.15, 0.2) is 18.6 Å². The van der Waals surface area contributed by atoms with Crippen molar-refractivity contribution in [2.75, 3.05) is 0 Å². The Morgan fingerprint density at radius 2 is 2.27 bits per heavy atom. The van der Waals surface area contributed by atoms with E-state index in [0.717, 1.165) is 16.7 Å². The zero-order chi connectivity index (χ0) is 6.97. The van der Waals surface area contributed by atoms with Crippen molar-refractivity contribution >= 4 is 11.0 Å². The summed E-state index contributed by atoms with van der Waals surface area (Å²) in [5.41, 5.74) is 2.03. The lowest BCUT2D eigenvalue weighted by molar-refractivity contribution is 1.18. The number of nitrogens with zero attached hydrogens (tertiary/aromatic N) is 2. The molecule has 1 N–H and O–H groups in total. The Balaban J connectivity index is 0.000000605. The third-order valence-corrected chi connectivity index (χ3v) is 1.43.